The molecule has 22 heteroatoms. The van der Waals surface area contributed by atoms with Gasteiger partial charge in [0.05, 0.1) is 12.6 Å². The van der Waals surface area contributed by atoms with Gasteiger partial charge in [0.15, 0.2) is 5.41 Å². The number of halogens is 7. The van der Waals surface area contributed by atoms with E-state index in [1.807, 2.05) is 19.9 Å². The zero-order chi connectivity index (χ0) is 56.7. The van der Waals surface area contributed by atoms with E-state index in [0.29, 0.717) is 80.4 Å². The van der Waals surface area contributed by atoms with Crippen molar-refractivity contribution in [3.05, 3.63) is 41.2 Å². The molecule has 15 nitrogen and oxygen atoms in total. The maximum Gasteiger partial charge on any atom is 0.411 e. The maximum absolute atomic E-state index is 15.4. The number of likely N-dealkylation sites (tertiary alicyclic amines) is 1. The van der Waals surface area contributed by atoms with Crippen molar-refractivity contribution < 1.29 is 69.0 Å². The largest absolute Gasteiger partial charge is 0.444 e. The van der Waals surface area contributed by atoms with Gasteiger partial charge in [-0.05, 0) is 113 Å². The number of fused-ring (bicyclic) bond motifs is 2. The molecule has 7 amide bonds. The van der Waals surface area contributed by atoms with Gasteiger partial charge in [0.25, 0.3) is 5.92 Å². The molecule has 428 valence electrons. The summed E-state index contributed by atoms with van der Waals surface area (Å²) in [6.07, 6.45) is -4.30. The minimum absolute atomic E-state index is 0.102. The van der Waals surface area contributed by atoms with Gasteiger partial charge in [-0.3, -0.25) is 33.7 Å². The molecule has 3 saturated heterocycles. The number of alkyl halides is 6. The Morgan fingerprint density at radius 2 is 1.58 bits per heavy atom. The Balaban J connectivity index is 1.13. The van der Waals surface area contributed by atoms with Crippen LogP contribution >= 0.6 is 0 Å². The van der Waals surface area contributed by atoms with Crippen LogP contribution in [-0.4, -0.2) is 166 Å². The first-order valence-electron chi connectivity index (χ1n) is 27.2. The molecule has 2 N–H and O–H groups in total. The summed E-state index contributed by atoms with van der Waals surface area (Å²) in [6, 6.07) is -2.93. The molecule has 4 aliphatic heterocycles. The molecule has 2 bridgehead atoms. The van der Waals surface area contributed by atoms with E-state index in [-0.39, 0.29) is 37.3 Å². The zero-order valence-corrected chi connectivity index (χ0v) is 45.5. The van der Waals surface area contributed by atoms with E-state index >= 15 is 4.39 Å². The fraction of sp³-hybridized carbons (Fsp3) is 0.727. The summed E-state index contributed by atoms with van der Waals surface area (Å²) in [6.45, 7) is 8.49. The number of hydrogen-bond donors (Lipinski definition) is 2. The minimum Gasteiger partial charge on any atom is -0.444 e. The normalized spacial score (nSPS) is 27.9. The van der Waals surface area contributed by atoms with Gasteiger partial charge in [-0.15, -0.1) is 0 Å². The van der Waals surface area contributed by atoms with Crippen LogP contribution in [0.15, 0.2) is 24.3 Å². The fourth-order valence-electron chi connectivity index (χ4n) is 12.0. The van der Waals surface area contributed by atoms with Crippen molar-refractivity contribution in [2.45, 2.75) is 204 Å². The van der Waals surface area contributed by atoms with Crippen molar-refractivity contribution in [1.29, 1.82) is 0 Å². The lowest BCUT2D eigenvalue weighted by atomic mass is 9.64. The van der Waals surface area contributed by atoms with E-state index in [1.165, 1.54) is 31.1 Å². The van der Waals surface area contributed by atoms with E-state index < -0.39 is 139 Å². The van der Waals surface area contributed by atoms with Crippen LogP contribution in [0, 0.1) is 23.1 Å². The second kappa shape index (κ2) is 23.1. The third kappa shape index (κ3) is 13.4. The number of hydrogen-bond acceptors (Lipinski definition) is 8. The number of nitrogens with zero attached hydrogens (tertiary/aromatic N) is 5. The average Bonchev–Trinajstić information content (AvgIpc) is 4.04. The van der Waals surface area contributed by atoms with Crippen LogP contribution in [0.3, 0.4) is 0 Å². The second-order valence-corrected chi connectivity index (χ2v) is 23.9. The number of rotatable bonds is 11. The first kappa shape index (κ1) is 59.2. The van der Waals surface area contributed by atoms with Crippen LogP contribution < -0.4 is 10.6 Å². The first-order chi connectivity index (χ1) is 35.9. The highest BCUT2D eigenvalue weighted by Gasteiger charge is 2.75. The minimum atomic E-state index is -5.41. The number of ether oxygens (including phenoxy) is 1. The topological polar surface area (TPSA) is 169 Å². The van der Waals surface area contributed by atoms with Crippen LogP contribution in [0.5, 0.6) is 0 Å². The molecule has 2 saturated carbocycles. The Labute approximate surface area is 446 Å². The highest BCUT2D eigenvalue weighted by atomic mass is 19.4. The molecule has 0 spiro atoms. The molecule has 0 aromatic heterocycles. The highest BCUT2D eigenvalue weighted by molar-refractivity contribution is 5.97. The van der Waals surface area contributed by atoms with Gasteiger partial charge < -0.3 is 35.0 Å². The van der Waals surface area contributed by atoms with Gasteiger partial charge in [0.2, 0.25) is 35.4 Å². The summed E-state index contributed by atoms with van der Waals surface area (Å²) in [5.41, 5.74) is -2.20. The lowest BCUT2D eigenvalue weighted by Gasteiger charge is -2.48. The molecule has 2 aliphatic carbocycles. The Bertz CT molecular complexity index is 2440. The first-order valence-corrected chi connectivity index (χ1v) is 27.2. The van der Waals surface area contributed by atoms with Gasteiger partial charge in [-0.2, -0.15) is 13.2 Å². The van der Waals surface area contributed by atoms with Crippen molar-refractivity contribution in [2.24, 2.45) is 17.3 Å². The van der Waals surface area contributed by atoms with E-state index in [0.717, 1.165) is 16.9 Å². The van der Waals surface area contributed by atoms with Gasteiger partial charge in [0.1, 0.15) is 47.8 Å². The number of carbonyl (C=O) groups is 7. The van der Waals surface area contributed by atoms with Gasteiger partial charge >= 0.3 is 12.3 Å². The fourth-order valence-corrected chi connectivity index (χ4v) is 12.0. The van der Waals surface area contributed by atoms with Crippen LogP contribution in [0.2, 0.25) is 0 Å². The molecule has 0 radical (unpaired) electrons. The highest BCUT2D eigenvalue weighted by Crippen LogP contribution is 2.61. The van der Waals surface area contributed by atoms with Crippen molar-refractivity contribution in [2.75, 3.05) is 34.2 Å². The lowest BCUT2D eigenvalue weighted by molar-refractivity contribution is -0.299. The van der Waals surface area contributed by atoms with Gasteiger partial charge in [-0.1, -0.05) is 51.7 Å². The summed E-state index contributed by atoms with van der Waals surface area (Å²) in [5.74, 6) is -10.5. The Hall–Kier alpha value is -5.44. The second-order valence-electron chi connectivity index (χ2n) is 23.9. The maximum atomic E-state index is 15.4. The van der Waals surface area contributed by atoms with E-state index in [9.17, 15) is 59.9 Å². The Morgan fingerprint density at radius 1 is 0.922 bits per heavy atom. The number of amides is 7. The van der Waals surface area contributed by atoms with Crippen molar-refractivity contribution >= 4 is 47.1 Å². The molecule has 2 unspecified atom stereocenters. The molecule has 1 aromatic carbocycles. The van der Waals surface area contributed by atoms with Crippen molar-refractivity contribution in [3.63, 3.8) is 0 Å². The van der Waals surface area contributed by atoms with Crippen molar-refractivity contribution in [3.8, 4) is 0 Å². The number of benzene rings is 1. The number of carbonyl (C=O) groups excluding carboxylic acids is 7. The van der Waals surface area contributed by atoms with Crippen LogP contribution in [0.25, 0.3) is 5.57 Å². The molecular weight excluding hydrogens is 1020 g/mol. The predicted octanol–water partition coefficient (Wildman–Crippen LogP) is 7.73. The summed E-state index contributed by atoms with van der Waals surface area (Å²) in [5, 5.41) is 5.41. The molecule has 77 heavy (non-hydrogen) atoms. The quantitative estimate of drug-likeness (QED) is 0.212. The summed E-state index contributed by atoms with van der Waals surface area (Å²) in [4.78, 5) is 106. The smallest absolute Gasteiger partial charge is 0.411 e. The number of likely N-dealkylation sites (N-methyl/N-ethyl adjacent to an activating group) is 3. The Kier molecular flexibility index (Phi) is 17.8. The van der Waals surface area contributed by atoms with E-state index in [1.54, 1.807) is 43.7 Å². The molecule has 8 atom stereocenters. The average molecular weight is 1100 g/mol. The third-order valence-electron chi connectivity index (χ3n) is 16.3. The molecular formula is C55H76F7N7O8. The summed E-state index contributed by atoms with van der Waals surface area (Å²) >= 11 is 0. The molecule has 1 aromatic rings. The van der Waals surface area contributed by atoms with Crippen LogP contribution in [0.1, 0.15) is 142 Å². The van der Waals surface area contributed by atoms with Gasteiger partial charge in [0, 0.05) is 59.4 Å². The predicted molar refractivity (Wildman–Crippen MR) is 270 cm³/mol. The van der Waals surface area contributed by atoms with E-state index in [2.05, 4.69) is 10.6 Å². The SMILES string of the molecule is CC(C)C[C@@H]1NC(=O)[C@@H](N(C)C(=O)[C@@H](NC(=O)[C@@H]2C[C@@H](F)CN2C(=O)C2(C(F)(F)F)CC(F)(F)C2)C2CC2)CCCCCCCN(C)C(=O)[C@H](Cc2cc(F)ccc2C2=CC3CCC(C2)N3C(=O)OC(C)(C)C)N(C)C1=O. The third-order valence-corrected chi connectivity index (χ3v) is 16.3. The zero-order valence-electron chi connectivity index (χ0n) is 45.5. The lowest BCUT2D eigenvalue weighted by Crippen LogP contribution is -2.65. The van der Waals surface area contributed by atoms with E-state index in [4.69, 9.17) is 4.74 Å². The van der Waals surface area contributed by atoms with Crippen molar-refractivity contribution in [1.82, 2.24) is 35.1 Å². The summed E-state index contributed by atoms with van der Waals surface area (Å²) < 4.78 is 107. The Morgan fingerprint density at radius 3 is 2.19 bits per heavy atom. The molecule has 5 fully saturated rings. The number of nitrogens with one attached hydrogen (secondary N) is 2. The van der Waals surface area contributed by atoms with Gasteiger partial charge in [-0.25, -0.2) is 22.4 Å². The molecule has 4 heterocycles. The standard InChI is InChI=1S/C55H76F7N7O8/c1-31(2)22-40-47(72)67(8)43(26-33-23-35(56)17-20-39(33)34-24-37-18-19-38(25-34)69(37)51(76)77-52(3,4)5)48(73)65(6)21-13-11-9-10-12-14-41(45(70)63-40)66(7)49(74)44(32-15-16-32)64-46(71)42-27-36(57)28-68(42)50(75)53(55(60,61)62)29-54(58,59)30-53/h17,20,23-24,31-32,36-38,40-44H,9-16,18-19,21-22,25-30H2,1-8H3,(H,63,70)(H,64,71)/t36-,37?,38?,40+,41+,42+,43+,44+/m1/s1. The van der Waals surface area contributed by atoms with Crippen LogP contribution in [-0.2, 0) is 39.9 Å². The molecule has 7 rings (SSSR count). The van der Waals surface area contributed by atoms with Crippen LogP contribution in [0.4, 0.5) is 35.5 Å². The summed E-state index contributed by atoms with van der Waals surface area (Å²) in [7, 11) is 4.47. The monoisotopic (exact) mass is 1100 g/mol. The molecule has 6 aliphatic rings.